The van der Waals surface area contributed by atoms with Crippen LogP contribution in [-0.4, -0.2) is 28.5 Å². The summed E-state index contributed by atoms with van der Waals surface area (Å²) in [5.74, 6) is -0.345. The lowest BCUT2D eigenvalue weighted by molar-refractivity contribution is 0.0527. The average molecular weight is 386 g/mol. The molecule has 0 unspecified atom stereocenters. The molecule has 0 atom stereocenters. The first-order valence-corrected chi connectivity index (χ1v) is 9.47. The second kappa shape index (κ2) is 7.75. The van der Waals surface area contributed by atoms with Crippen molar-refractivity contribution in [3.8, 4) is 11.1 Å². The van der Waals surface area contributed by atoms with Gasteiger partial charge < -0.3 is 15.0 Å². The third-order valence-corrected chi connectivity index (χ3v) is 5.14. The Hall–Kier alpha value is -3.67. The average Bonchev–Trinajstić information content (AvgIpc) is 3.03. The summed E-state index contributed by atoms with van der Waals surface area (Å²) in [7, 11) is 1.93. The van der Waals surface area contributed by atoms with Crippen molar-refractivity contribution in [2.45, 2.75) is 13.5 Å². The van der Waals surface area contributed by atoms with Crippen molar-refractivity contribution < 1.29 is 9.53 Å². The van der Waals surface area contributed by atoms with E-state index in [0.717, 1.165) is 38.5 Å². The first-order chi connectivity index (χ1) is 14.2. The molecule has 0 saturated carbocycles. The van der Waals surface area contributed by atoms with E-state index in [1.54, 1.807) is 13.1 Å². The summed E-state index contributed by atoms with van der Waals surface area (Å²) in [5, 5.41) is 3.06. The summed E-state index contributed by atoms with van der Waals surface area (Å²) in [6.45, 7) is 2.42. The molecule has 0 fully saturated rings. The predicted molar refractivity (Wildman–Crippen MR) is 116 cm³/mol. The van der Waals surface area contributed by atoms with Crippen molar-refractivity contribution in [1.29, 1.82) is 0 Å². The number of benzene rings is 2. The number of aliphatic imine (C=N–C) groups is 1. The van der Waals surface area contributed by atoms with Crippen LogP contribution in [0.3, 0.4) is 0 Å². The number of ether oxygens (including phenoxy) is 1. The molecule has 0 saturated heterocycles. The maximum Gasteiger partial charge on any atom is 0.340 e. The number of nitrogens with zero attached hydrogens (tertiary/aromatic N) is 3. The van der Waals surface area contributed by atoms with E-state index in [9.17, 15) is 4.79 Å². The lowest BCUT2D eigenvalue weighted by atomic mass is 9.98. The number of carbonyl (C=O) groups excluding carboxylic acids is 1. The zero-order chi connectivity index (χ0) is 20.4. The van der Waals surface area contributed by atoms with Crippen LogP contribution in [0.5, 0.6) is 0 Å². The van der Waals surface area contributed by atoms with Gasteiger partial charge >= 0.3 is 5.97 Å². The van der Waals surface area contributed by atoms with E-state index in [1.807, 2.05) is 42.1 Å². The molecule has 0 amide bonds. The highest BCUT2D eigenvalue weighted by Crippen LogP contribution is 2.33. The Kier molecular flexibility index (Phi) is 4.99. The zero-order valence-electron chi connectivity index (χ0n) is 16.4. The van der Waals surface area contributed by atoms with Gasteiger partial charge in [-0.25, -0.2) is 4.79 Å². The first-order valence-electron chi connectivity index (χ1n) is 9.47. The number of fused-ring (bicyclic) bond motifs is 2. The lowest BCUT2D eigenvalue weighted by Gasteiger charge is -2.08. The van der Waals surface area contributed by atoms with Gasteiger partial charge in [-0.3, -0.25) is 9.98 Å². The highest BCUT2D eigenvalue weighted by Gasteiger charge is 2.22. The molecule has 0 aliphatic rings. The third-order valence-electron chi connectivity index (χ3n) is 5.14. The number of pyridine rings is 1. The van der Waals surface area contributed by atoms with Gasteiger partial charge in [0.15, 0.2) is 0 Å². The van der Waals surface area contributed by atoms with Crippen LogP contribution >= 0.6 is 0 Å². The molecule has 0 aliphatic carbocycles. The second-order valence-electron chi connectivity index (χ2n) is 6.73. The van der Waals surface area contributed by atoms with E-state index in [2.05, 4.69) is 28.2 Å². The minimum atomic E-state index is -0.345. The molecule has 0 aliphatic heterocycles. The Bertz CT molecular complexity index is 1240. The lowest BCUT2D eigenvalue weighted by Crippen LogP contribution is -2.09. The molecule has 6 nitrogen and oxygen atoms in total. The van der Waals surface area contributed by atoms with Crippen LogP contribution in [-0.2, 0) is 18.3 Å². The molecule has 4 rings (SSSR count). The van der Waals surface area contributed by atoms with E-state index in [1.165, 1.54) is 6.34 Å². The monoisotopic (exact) mass is 386 g/mol. The normalized spacial score (nSPS) is 11.5. The van der Waals surface area contributed by atoms with Gasteiger partial charge in [0.05, 0.1) is 30.7 Å². The van der Waals surface area contributed by atoms with Gasteiger partial charge in [-0.1, -0.05) is 30.3 Å². The van der Waals surface area contributed by atoms with Crippen LogP contribution in [0, 0.1) is 0 Å². The fourth-order valence-electron chi connectivity index (χ4n) is 3.78. The maximum atomic E-state index is 12.7. The minimum absolute atomic E-state index is 0.309. The largest absolute Gasteiger partial charge is 0.462 e. The molecule has 2 heterocycles. The van der Waals surface area contributed by atoms with Crippen molar-refractivity contribution in [3.63, 3.8) is 0 Å². The zero-order valence-corrected chi connectivity index (χ0v) is 16.4. The van der Waals surface area contributed by atoms with Crippen LogP contribution < -0.4 is 5.73 Å². The Morgan fingerprint density at radius 1 is 1.24 bits per heavy atom. The molecular weight excluding hydrogens is 364 g/mol. The van der Waals surface area contributed by atoms with Gasteiger partial charge in [0.2, 0.25) is 0 Å². The topological polar surface area (TPSA) is 82.5 Å². The number of hydrogen-bond acceptors (Lipinski definition) is 4. The summed E-state index contributed by atoms with van der Waals surface area (Å²) < 4.78 is 7.29. The van der Waals surface area contributed by atoms with Crippen molar-refractivity contribution in [3.05, 3.63) is 66.1 Å². The minimum Gasteiger partial charge on any atom is -0.462 e. The maximum absolute atomic E-state index is 12.7. The molecule has 4 aromatic rings. The number of aryl methyl sites for hydroxylation is 1. The SMILES string of the molecule is CCOC(=O)c1c(CN=CN)n(C)c2cc(-c3cccc4ccncc34)ccc12. The fourth-order valence-corrected chi connectivity index (χ4v) is 3.78. The molecule has 0 bridgehead atoms. The summed E-state index contributed by atoms with van der Waals surface area (Å²) in [6, 6.07) is 14.3. The highest BCUT2D eigenvalue weighted by atomic mass is 16.5. The Labute approximate surface area is 168 Å². The fraction of sp³-hybridized carbons (Fsp3) is 0.174. The highest BCUT2D eigenvalue weighted by molar-refractivity contribution is 6.07. The summed E-state index contributed by atoms with van der Waals surface area (Å²) in [5.41, 5.74) is 9.84. The molecule has 0 spiro atoms. The van der Waals surface area contributed by atoms with Crippen LogP contribution in [0.25, 0.3) is 32.8 Å². The van der Waals surface area contributed by atoms with E-state index in [-0.39, 0.29) is 5.97 Å². The number of carbonyl (C=O) groups is 1. The van der Waals surface area contributed by atoms with Crippen LogP contribution in [0.15, 0.2) is 59.9 Å². The Morgan fingerprint density at radius 2 is 2.10 bits per heavy atom. The molecule has 6 heteroatoms. The van der Waals surface area contributed by atoms with Gasteiger partial charge in [0.1, 0.15) is 0 Å². The van der Waals surface area contributed by atoms with E-state index < -0.39 is 0 Å². The number of nitrogens with two attached hydrogens (primary N) is 1. The predicted octanol–water partition coefficient (Wildman–Crippen LogP) is 4.06. The third kappa shape index (κ3) is 3.23. The van der Waals surface area contributed by atoms with Gasteiger partial charge in [0.25, 0.3) is 0 Å². The molecule has 146 valence electrons. The number of rotatable bonds is 5. The number of aromatic nitrogens is 2. The van der Waals surface area contributed by atoms with Gasteiger partial charge in [-0.05, 0) is 35.6 Å². The van der Waals surface area contributed by atoms with E-state index in [0.29, 0.717) is 18.7 Å². The Morgan fingerprint density at radius 3 is 2.90 bits per heavy atom. The molecule has 0 radical (unpaired) electrons. The summed E-state index contributed by atoms with van der Waals surface area (Å²) >= 11 is 0. The summed E-state index contributed by atoms with van der Waals surface area (Å²) in [4.78, 5) is 21.1. The van der Waals surface area contributed by atoms with Crippen LogP contribution in [0.4, 0.5) is 0 Å². The van der Waals surface area contributed by atoms with Gasteiger partial charge in [-0.15, -0.1) is 0 Å². The van der Waals surface area contributed by atoms with Gasteiger partial charge in [0, 0.05) is 35.7 Å². The Balaban J connectivity index is 1.94. The van der Waals surface area contributed by atoms with E-state index >= 15 is 0 Å². The van der Waals surface area contributed by atoms with Crippen LogP contribution in [0.1, 0.15) is 23.0 Å². The first kappa shape index (κ1) is 18.7. The van der Waals surface area contributed by atoms with Crippen LogP contribution in [0.2, 0.25) is 0 Å². The van der Waals surface area contributed by atoms with Crippen molar-refractivity contribution in [2.75, 3.05) is 6.61 Å². The molecule has 2 aromatic carbocycles. The standard InChI is InChI=1S/C23H22N4O2/c1-3-29-23(28)22-18-8-7-16(11-20(18)27(2)21(22)13-26-14-24)17-6-4-5-15-9-10-25-12-19(15)17/h4-12,14H,3,13H2,1-2H3,(H2,24,26). The molecular formula is C23H22N4O2. The van der Waals surface area contributed by atoms with Crippen molar-refractivity contribution >= 4 is 34.0 Å². The molecule has 2 N–H and O–H groups in total. The number of hydrogen-bond donors (Lipinski definition) is 1. The van der Waals surface area contributed by atoms with Crippen molar-refractivity contribution in [2.24, 2.45) is 17.8 Å². The number of esters is 1. The molecule has 29 heavy (non-hydrogen) atoms. The summed E-state index contributed by atoms with van der Waals surface area (Å²) in [6.07, 6.45) is 4.93. The molecule has 2 aromatic heterocycles. The second-order valence-corrected chi connectivity index (χ2v) is 6.73. The van der Waals surface area contributed by atoms with Gasteiger partial charge in [-0.2, -0.15) is 0 Å². The smallest absolute Gasteiger partial charge is 0.340 e. The van der Waals surface area contributed by atoms with E-state index in [4.69, 9.17) is 10.5 Å². The van der Waals surface area contributed by atoms with Crippen molar-refractivity contribution in [1.82, 2.24) is 9.55 Å². The quantitative estimate of drug-likeness (QED) is 0.319.